The first-order valence-corrected chi connectivity index (χ1v) is 7.42. The Morgan fingerprint density at radius 1 is 1.39 bits per heavy atom. The molecule has 0 atom stereocenters. The average molecular weight is 314 g/mol. The van der Waals surface area contributed by atoms with Gasteiger partial charge in [0.05, 0.1) is 16.4 Å². The molecule has 0 aliphatic heterocycles. The van der Waals surface area contributed by atoms with Crippen molar-refractivity contribution >= 4 is 22.0 Å². The minimum Gasteiger partial charge on any atom is -0.316 e. The predicted molar refractivity (Wildman–Crippen MR) is 81.7 cm³/mol. The summed E-state index contributed by atoms with van der Waals surface area (Å²) in [6.07, 6.45) is 7.25. The van der Waals surface area contributed by atoms with Crippen molar-refractivity contribution in [1.29, 1.82) is 0 Å². The van der Waals surface area contributed by atoms with Gasteiger partial charge in [-0.25, -0.2) is 0 Å². The van der Waals surface area contributed by atoms with Crippen LogP contribution in [0.15, 0.2) is 16.7 Å². The van der Waals surface area contributed by atoms with E-state index < -0.39 is 0 Å². The molecule has 0 amide bonds. The fourth-order valence-electron chi connectivity index (χ4n) is 1.69. The summed E-state index contributed by atoms with van der Waals surface area (Å²) >= 11 is 3.54. The maximum atomic E-state index is 4.36. The van der Waals surface area contributed by atoms with E-state index in [2.05, 4.69) is 66.2 Å². The van der Waals surface area contributed by atoms with Gasteiger partial charge in [-0.1, -0.05) is 19.9 Å². The van der Waals surface area contributed by atoms with E-state index in [1.807, 2.05) is 10.9 Å². The zero-order valence-electron chi connectivity index (χ0n) is 11.8. The maximum absolute atomic E-state index is 4.36. The Morgan fingerprint density at radius 3 is 2.72 bits per heavy atom. The third-order valence-corrected chi connectivity index (χ3v) is 3.20. The lowest BCUT2D eigenvalue weighted by Crippen LogP contribution is -2.20. The Balaban J connectivity index is 2.44. The first-order chi connectivity index (χ1) is 8.52. The number of nitrogens with one attached hydrogen (secondary N) is 1. The van der Waals surface area contributed by atoms with Gasteiger partial charge < -0.3 is 5.32 Å². The molecule has 0 unspecified atom stereocenters. The molecule has 0 bridgehead atoms. The smallest absolute Gasteiger partial charge is 0.0752 e. The van der Waals surface area contributed by atoms with E-state index >= 15 is 0 Å². The van der Waals surface area contributed by atoms with Gasteiger partial charge in [-0.2, -0.15) is 5.10 Å². The lowest BCUT2D eigenvalue weighted by Gasteiger charge is -2.08. The molecule has 0 spiro atoms. The highest BCUT2D eigenvalue weighted by Crippen LogP contribution is 2.20. The third-order valence-electron chi connectivity index (χ3n) is 2.59. The Labute approximate surface area is 119 Å². The summed E-state index contributed by atoms with van der Waals surface area (Å²) < 4.78 is 3.09. The van der Waals surface area contributed by atoms with Gasteiger partial charge in [-0.05, 0) is 61.3 Å². The van der Waals surface area contributed by atoms with Gasteiger partial charge in [-0.15, -0.1) is 0 Å². The molecule has 1 aromatic rings. The van der Waals surface area contributed by atoms with Gasteiger partial charge in [0.2, 0.25) is 0 Å². The lowest BCUT2D eigenvalue weighted by molar-refractivity contribution is 0.528. The summed E-state index contributed by atoms with van der Waals surface area (Å²) in [6.45, 7) is 10.8. The van der Waals surface area contributed by atoms with Crippen LogP contribution in [0.3, 0.4) is 0 Å². The normalized spacial score (nSPS) is 12.2. The number of nitrogens with zero attached hydrogens (tertiary/aromatic N) is 2. The average Bonchev–Trinajstić information content (AvgIpc) is 2.65. The van der Waals surface area contributed by atoms with Crippen molar-refractivity contribution in [3.8, 4) is 0 Å². The minimum absolute atomic E-state index is 0.384. The SMILES string of the molecule is CC(C)CNCC/C=C/c1c(Br)cnn1C(C)C. The largest absolute Gasteiger partial charge is 0.316 e. The van der Waals surface area contributed by atoms with Gasteiger partial charge in [-0.3, -0.25) is 4.68 Å². The molecule has 0 saturated heterocycles. The lowest BCUT2D eigenvalue weighted by atomic mass is 10.2. The molecular formula is C14H24BrN3. The van der Waals surface area contributed by atoms with Crippen LogP contribution in [0, 0.1) is 5.92 Å². The van der Waals surface area contributed by atoms with Crippen LogP contribution >= 0.6 is 15.9 Å². The Hall–Kier alpha value is -0.610. The number of aromatic nitrogens is 2. The fraction of sp³-hybridized carbons (Fsp3) is 0.643. The summed E-state index contributed by atoms with van der Waals surface area (Å²) in [5, 5.41) is 7.79. The summed E-state index contributed by atoms with van der Waals surface area (Å²) in [5.41, 5.74) is 1.15. The first kappa shape index (κ1) is 15.4. The number of hydrogen-bond donors (Lipinski definition) is 1. The third kappa shape index (κ3) is 4.94. The molecule has 0 saturated carbocycles. The molecule has 0 radical (unpaired) electrons. The van der Waals surface area contributed by atoms with Crippen molar-refractivity contribution in [3.63, 3.8) is 0 Å². The molecule has 0 aliphatic rings. The second kappa shape index (κ2) is 7.74. The first-order valence-electron chi connectivity index (χ1n) is 6.62. The maximum Gasteiger partial charge on any atom is 0.0752 e. The predicted octanol–water partition coefficient (Wildman–Crippen LogP) is 3.88. The van der Waals surface area contributed by atoms with E-state index in [-0.39, 0.29) is 0 Å². The van der Waals surface area contributed by atoms with E-state index in [0.29, 0.717) is 12.0 Å². The quantitative estimate of drug-likeness (QED) is 0.774. The zero-order valence-corrected chi connectivity index (χ0v) is 13.4. The van der Waals surface area contributed by atoms with E-state index in [1.165, 1.54) is 0 Å². The highest BCUT2D eigenvalue weighted by molar-refractivity contribution is 9.10. The van der Waals surface area contributed by atoms with E-state index in [4.69, 9.17) is 0 Å². The Kier molecular flexibility index (Phi) is 6.65. The molecule has 0 aliphatic carbocycles. The van der Waals surface area contributed by atoms with Gasteiger partial charge in [0, 0.05) is 6.04 Å². The summed E-state index contributed by atoms with van der Waals surface area (Å²) in [6, 6.07) is 0.384. The number of rotatable bonds is 7. The van der Waals surface area contributed by atoms with Crippen LogP contribution in [0.25, 0.3) is 6.08 Å². The van der Waals surface area contributed by atoms with Crippen molar-refractivity contribution in [2.24, 2.45) is 5.92 Å². The second-order valence-electron chi connectivity index (χ2n) is 5.21. The summed E-state index contributed by atoms with van der Waals surface area (Å²) in [5.74, 6) is 0.713. The standard InChI is InChI=1S/C14H24BrN3/c1-11(2)9-16-8-6-5-7-14-13(15)10-17-18(14)12(3)4/h5,7,10-12,16H,6,8-9H2,1-4H3/b7-5+. The molecule has 3 nitrogen and oxygen atoms in total. The molecule has 102 valence electrons. The van der Waals surface area contributed by atoms with E-state index in [0.717, 1.165) is 29.7 Å². The van der Waals surface area contributed by atoms with Crippen LogP contribution < -0.4 is 5.32 Å². The van der Waals surface area contributed by atoms with Crippen LogP contribution in [0.5, 0.6) is 0 Å². The van der Waals surface area contributed by atoms with Crippen LogP contribution in [-0.2, 0) is 0 Å². The van der Waals surface area contributed by atoms with Crippen molar-refractivity contribution in [1.82, 2.24) is 15.1 Å². The van der Waals surface area contributed by atoms with Gasteiger partial charge in [0.15, 0.2) is 0 Å². The molecule has 0 fully saturated rings. The zero-order chi connectivity index (χ0) is 13.5. The highest BCUT2D eigenvalue weighted by Gasteiger charge is 2.07. The van der Waals surface area contributed by atoms with Gasteiger partial charge in [0.25, 0.3) is 0 Å². The number of hydrogen-bond acceptors (Lipinski definition) is 2. The summed E-state index contributed by atoms with van der Waals surface area (Å²) in [7, 11) is 0. The molecule has 1 rings (SSSR count). The molecule has 0 aromatic carbocycles. The minimum atomic E-state index is 0.384. The van der Waals surface area contributed by atoms with Gasteiger partial charge >= 0.3 is 0 Å². The molecular weight excluding hydrogens is 290 g/mol. The van der Waals surface area contributed by atoms with Crippen molar-refractivity contribution < 1.29 is 0 Å². The van der Waals surface area contributed by atoms with Crippen molar-refractivity contribution in [3.05, 3.63) is 22.4 Å². The van der Waals surface area contributed by atoms with E-state index in [1.54, 1.807) is 0 Å². The van der Waals surface area contributed by atoms with Crippen LogP contribution in [0.1, 0.15) is 45.9 Å². The van der Waals surface area contributed by atoms with Crippen LogP contribution in [0.2, 0.25) is 0 Å². The van der Waals surface area contributed by atoms with E-state index in [9.17, 15) is 0 Å². The topological polar surface area (TPSA) is 29.9 Å². The molecule has 1 heterocycles. The van der Waals surface area contributed by atoms with Crippen LogP contribution in [-0.4, -0.2) is 22.9 Å². The monoisotopic (exact) mass is 313 g/mol. The molecule has 18 heavy (non-hydrogen) atoms. The van der Waals surface area contributed by atoms with Crippen molar-refractivity contribution in [2.75, 3.05) is 13.1 Å². The molecule has 4 heteroatoms. The highest BCUT2D eigenvalue weighted by atomic mass is 79.9. The molecule has 1 aromatic heterocycles. The Bertz CT molecular complexity index is 380. The fourth-order valence-corrected chi connectivity index (χ4v) is 2.09. The summed E-state index contributed by atoms with van der Waals surface area (Å²) in [4.78, 5) is 0. The molecule has 1 N–H and O–H groups in total. The Morgan fingerprint density at radius 2 is 2.11 bits per heavy atom. The number of halogens is 1. The van der Waals surface area contributed by atoms with Crippen molar-refractivity contribution in [2.45, 2.75) is 40.2 Å². The van der Waals surface area contributed by atoms with Crippen LogP contribution in [0.4, 0.5) is 0 Å². The van der Waals surface area contributed by atoms with Gasteiger partial charge in [0.1, 0.15) is 0 Å². The second-order valence-corrected chi connectivity index (χ2v) is 6.06.